The molecule has 2 aliphatic heterocycles. The average Bonchev–Trinajstić information content (AvgIpc) is 2.69. The van der Waals surface area contributed by atoms with Crippen LogP contribution in [-0.2, 0) is 48.2 Å². The summed E-state index contributed by atoms with van der Waals surface area (Å²) < 4.78 is 87.0. The number of carbonyl (C=O) groups excluding carboxylic acids is 1. The molecule has 2 aliphatic rings. The minimum absolute atomic E-state index is 0. The summed E-state index contributed by atoms with van der Waals surface area (Å²) in [6, 6.07) is -1.98. The van der Waals surface area contributed by atoms with Gasteiger partial charge in [-0.05, 0) is 12.8 Å². The Hall–Kier alpha value is 1.40. The fourth-order valence-electron chi connectivity index (χ4n) is 3.35. The van der Waals surface area contributed by atoms with Crippen molar-refractivity contribution in [3.05, 3.63) is 0 Å². The van der Waals surface area contributed by atoms with Crippen LogP contribution in [0.25, 0.3) is 0 Å². The van der Waals surface area contributed by atoms with Crippen LogP contribution < -0.4 is 98.9 Å². The topological polar surface area (TPSA) is 314 Å². The maximum absolute atomic E-state index is 11.5. The van der Waals surface area contributed by atoms with E-state index < -0.39 is 101 Å². The summed E-state index contributed by atoms with van der Waals surface area (Å²) in [5.41, 5.74) is 0. The van der Waals surface area contributed by atoms with E-state index >= 15 is 0 Å². The molecular formula is C14H20NNa3O18S2. The van der Waals surface area contributed by atoms with Gasteiger partial charge in [-0.3, -0.25) is 13.7 Å². The molecule has 0 bridgehead atoms. The quantitative estimate of drug-likeness (QED) is 0.0523. The number of aliphatic hydroxyl groups excluding tert-OH is 4. The van der Waals surface area contributed by atoms with E-state index in [2.05, 4.69) is 18.1 Å². The van der Waals surface area contributed by atoms with Crippen molar-refractivity contribution in [2.45, 2.75) is 68.3 Å². The maximum Gasteiger partial charge on any atom is 1.00 e. The minimum Gasteiger partial charge on any atom is -0.862 e. The molecule has 0 aromatic heterocycles. The summed E-state index contributed by atoms with van der Waals surface area (Å²) in [5.74, 6) is -3.16. The molecular weight excluding hydrogens is 603 g/mol. The van der Waals surface area contributed by atoms with Crippen LogP contribution in [0.5, 0.6) is 0 Å². The standard InChI is InChI=1S/C14H23NO18S2.3Na/c1-3(17)15-5-6(18)8(32-34(23,24)25)4(2-16)29-14(5)31-9-7(19)10(33-35(26,27)28)13(22)30-11(9)12(20)21;;;/h4-11,13-14,16,18-19,22H,2H2,1H3,(H,15,17)(H,20,21)(H,23,24,25)(H,26,27,28);;;/q;3*+1/p-3/t4-,5-,6-,7+,8+,9+,10-,11-,13-,14+;;;/m1.../s1. The zero-order chi connectivity index (χ0) is 26.9. The van der Waals surface area contributed by atoms with Crippen molar-refractivity contribution in [2.24, 2.45) is 4.99 Å². The predicted octanol–water partition coefficient (Wildman–Crippen LogP) is -16.5. The van der Waals surface area contributed by atoms with Gasteiger partial charge >= 0.3 is 99.1 Å². The summed E-state index contributed by atoms with van der Waals surface area (Å²) in [7, 11) is -10.8. The van der Waals surface area contributed by atoms with Crippen molar-refractivity contribution in [1.29, 1.82) is 0 Å². The Morgan fingerprint density at radius 3 is 1.92 bits per heavy atom. The summed E-state index contributed by atoms with van der Waals surface area (Å²) in [5, 5.41) is 63.2. The van der Waals surface area contributed by atoms with Gasteiger partial charge in [0.25, 0.3) is 0 Å². The van der Waals surface area contributed by atoms with Gasteiger partial charge in [-0.1, -0.05) is 0 Å². The third-order valence-corrected chi connectivity index (χ3v) is 5.60. The van der Waals surface area contributed by atoms with Crippen LogP contribution in [0, 0.1) is 0 Å². The van der Waals surface area contributed by atoms with Gasteiger partial charge in [-0.2, -0.15) is 8.42 Å². The van der Waals surface area contributed by atoms with Crippen LogP contribution in [0.15, 0.2) is 4.99 Å². The molecule has 0 spiro atoms. The Kier molecular flexibility index (Phi) is 18.5. The third kappa shape index (κ3) is 11.6. The van der Waals surface area contributed by atoms with Gasteiger partial charge in [0, 0.05) is 0 Å². The number of aliphatic carboxylic acids is 1. The number of rotatable bonds is 9. The Morgan fingerprint density at radius 1 is 0.947 bits per heavy atom. The Bertz CT molecular complexity index is 1010. The molecule has 38 heavy (non-hydrogen) atoms. The van der Waals surface area contributed by atoms with Crippen LogP contribution in [-0.4, -0.2) is 126 Å². The fourth-order valence-corrected chi connectivity index (χ4v) is 4.35. The first kappa shape index (κ1) is 41.5. The van der Waals surface area contributed by atoms with E-state index in [1.54, 1.807) is 0 Å². The molecule has 19 nitrogen and oxygen atoms in total. The fraction of sp³-hybridized carbons (Fsp3) is 0.857. The first-order chi connectivity index (χ1) is 15.9. The van der Waals surface area contributed by atoms with E-state index in [0.717, 1.165) is 6.92 Å². The second-order valence-electron chi connectivity index (χ2n) is 7.17. The van der Waals surface area contributed by atoms with E-state index in [0.29, 0.717) is 0 Å². The van der Waals surface area contributed by atoms with Gasteiger partial charge in [-0.25, -0.2) is 12.6 Å². The Morgan fingerprint density at radius 2 is 1.50 bits per heavy atom. The average molecular weight is 623 g/mol. The molecule has 5 N–H and O–H groups in total. The van der Waals surface area contributed by atoms with Crippen molar-refractivity contribution < 1.29 is 173 Å². The van der Waals surface area contributed by atoms with Crippen LogP contribution in [0.2, 0.25) is 0 Å². The van der Waals surface area contributed by atoms with Crippen molar-refractivity contribution in [3.63, 3.8) is 0 Å². The summed E-state index contributed by atoms with van der Waals surface area (Å²) >= 11 is 0. The summed E-state index contributed by atoms with van der Waals surface area (Å²) in [6.45, 7) is -0.276. The smallest absolute Gasteiger partial charge is 0.862 e. The molecule has 0 aromatic rings. The zero-order valence-electron chi connectivity index (χ0n) is 20.3. The normalized spacial score (nSPS) is 36.2. The monoisotopic (exact) mass is 623 g/mol. The number of ether oxygens (including phenoxy) is 3. The molecule has 24 heteroatoms. The van der Waals surface area contributed by atoms with E-state index in [9.17, 15) is 56.8 Å². The van der Waals surface area contributed by atoms with Gasteiger partial charge < -0.3 is 54.2 Å². The second-order valence-corrected chi connectivity index (χ2v) is 9.23. The van der Waals surface area contributed by atoms with Crippen LogP contribution in [0.4, 0.5) is 0 Å². The van der Waals surface area contributed by atoms with Crippen molar-refractivity contribution in [1.82, 2.24) is 0 Å². The number of carboxylic acid groups (broad SMARTS) is 1. The number of carboxylic acids is 1. The summed E-state index contributed by atoms with van der Waals surface area (Å²) in [6.07, 6.45) is -20.3. The minimum atomic E-state index is -5.50. The third-order valence-electron chi connectivity index (χ3n) is 4.68. The van der Waals surface area contributed by atoms with Crippen molar-refractivity contribution in [2.75, 3.05) is 6.61 Å². The largest absolute Gasteiger partial charge is 1.00 e. The molecule has 10 atom stereocenters. The van der Waals surface area contributed by atoms with Gasteiger partial charge in [0.15, 0.2) is 18.7 Å². The number of carbonyl (C=O) groups is 1. The first-order valence-electron chi connectivity index (χ1n) is 9.28. The molecule has 204 valence electrons. The van der Waals surface area contributed by atoms with Crippen LogP contribution in [0.3, 0.4) is 0 Å². The molecule has 0 aromatic carbocycles. The van der Waals surface area contributed by atoms with Gasteiger partial charge in [0.2, 0.25) is 10.4 Å². The second kappa shape index (κ2) is 16.9. The van der Waals surface area contributed by atoms with Gasteiger partial charge in [0.05, 0.1) is 12.6 Å². The molecule has 0 unspecified atom stereocenters. The number of hydrogen-bond acceptors (Lipinski definition) is 18. The molecule has 0 saturated carbocycles. The zero-order valence-corrected chi connectivity index (χ0v) is 27.9. The van der Waals surface area contributed by atoms with Crippen molar-refractivity contribution in [3.8, 4) is 0 Å². The Labute approximate surface area is 282 Å². The van der Waals surface area contributed by atoms with E-state index in [1.807, 2.05) is 0 Å². The Balaban J connectivity index is 0. The maximum atomic E-state index is 11.5. The predicted molar refractivity (Wildman–Crippen MR) is 96.4 cm³/mol. The van der Waals surface area contributed by atoms with E-state index in [-0.39, 0.29) is 88.7 Å². The molecule has 2 rings (SSSR count). The molecule has 0 aliphatic carbocycles. The van der Waals surface area contributed by atoms with Crippen LogP contribution >= 0.6 is 0 Å². The number of hydrogen-bond donors (Lipinski definition) is 5. The van der Waals surface area contributed by atoms with Crippen LogP contribution in [0.1, 0.15) is 6.92 Å². The SMILES string of the molecule is CC([O-])=N[C@H]1[C@H](O[C@H]2[C@H](O)[C@@H](OS(=O)(=O)O)[C@H](O)O[C@H]2C(=O)[O-])O[C@H](CO)[C@H](OS(=O)(=O)[O-])[C@@H]1O.[Na+].[Na+].[Na+]. The van der Waals surface area contributed by atoms with Crippen molar-refractivity contribution >= 4 is 32.7 Å². The number of nitrogens with zero attached hydrogens (tertiary/aromatic N) is 1. The molecule has 2 heterocycles. The summed E-state index contributed by atoms with van der Waals surface area (Å²) in [4.78, 5) is 14.9. The molecule has 0 amide bonds. The van der Waals surface area contributed by atoms with E-state index in [1.165, 1.54) is 0 Å². The van der Waals surface area contributed by atoms with E-state index in [4.69, 9.17) is 14.0 Å². The molecule has 0 radical (unpaired) electrons. The first-order valence-corrected chi connectivity index (χ1v) is 12.0. The van der Waals surface area contributed by atoms with Gasteiger partial charge in [-0.15, -0.1) is 0 Å². The number of aliphatic imine (C=N–C) groups is 1. The molecule has 2 fully saturated rings. The van der Waals surface area contributed by atoms with Gasteiger partial charge in [0.1, 0.15) is 42.7 Å². The molecule has 2 saturated heterocycles. The number of aliphatic hydroxyl groups is 4.